The SMILES string of the molecule is Cc1ccc(S[C@H](C)C(=O)Nc2ccc(F)cc2C)cc1. The van der Waals surface area contributed by atoms with Crippen LogP contribution in [0.2, 0.25) is 0 Å². The van der Waals surface area contributed by atoms with Crippen LogP contribution in [0.15, 0.2) is 47.4 Å². The lowest BCUT2D eigenvalue weighted by Crippen LogP contribution is -2.22. The number of thioether (sulfide) groups is 1. The van der Waals surface area contributed by atoms with Crippen LogP contribution in [0.3, 0.4) is 0 Å². The number of carbonyl (C=O) groups is 1. The summed E-state index contributed by atoms with van der Waals surface area (Å²) in [5.74, 6) is -0.386. The number of hydrogen-bond acceptors (Lipinski definition) is 2. The van der Waals surface area contributed by atoms with Crippen LogP contribution in [0.1, 0.15) is 18.1 Å². The molecule has 0 aromatic heterocycles. The second kappa shape index (κ2) is 6.76. The van der Waals surface area contributed by atoms with E-state index in [0.29, 0.717) is 5.69 Å². The molecule has 0 heterocycles. The third-order valence-corrected chi connectivity index (χ3v) is 4.26. The molecule has 0 aliphatic rings. The van der Waals surface area contributed by atoms with Gasteiger partial charge < -0.3 is 5.32 Å². The van der Waals surface area contributed by atoms with Gasteiger partial charge in [-0.15, -0.1) is 11.8 Å². The zero-order valence-electron chi connectivity index (χ0n) is 12.3. The van der Waals surface area contributed by atoms with Gasteiger partial charge >= 0.3 is 0 Å². The van der Waals surface area contributed by atoms with E-state index in [-0.39, 0.29) is 17.0 Å². The molecule has 0 saturated carbocycles. The summed E-state index contributed by atoms with van der Waals surface area (Å²) in [5.41, 5.74) is 2.56. The van der Waals surface area contributed by atoms with Gasteiger partial charge in [0.05, 0.1) is 5.25 Å². The van der Waals surface area contributed by atoms with Crippen molar-refractivity contribution < 1.29 is 9.18 Å². The minimum absolute atomic E-state index is 0.0877. The van der Waals surface area contributed by atoms with Crippen LogP contribution >= 0.6 is 11.8 Å². The number of halogens is 1. The number of amides is 1. The van der Waals surface area contributed by atoms with Gasteiger partial charge in [-0.2, -0.15) is 0 Å². The van der Waals surface area contributed by atoms with E-state index in [4.69, 9.17) is 0 Å². The fourth-order valence-corrected chi connectivity index (χ4v) is 2.74. The molecule has 4 heteroatoms. The highest BCUT2D eigenvalue weighted by atomic mass is 32.2. The minimum atomic E-state index is -0.299. The Kier molecular flexibility index (Phi) is 5.02. The van der Waals surface area contributed by atoms with E-state index in [9.17, 15) is 9.18 Å². The Morgan fingerprint density at radius 2 is 1.81 bits per heavy atom. The highest BCUT2D eigenvalue weighted by Crippen LogP contribution is 2.25. The van der Waals surface area contributed by atoms with Crippen molar-refractivity contribution in [3.8, 4) is 0 Å². The van der Waals surface area contributed by atoms with E-state index in [1.54, 1.807) is 13.0 Å². The van der Waals surface area contributed by atoms with Gasteiger partial charge in [0.2, 0.25) is 5.91 Å². The fraction of sp³-hybridized carbons (Fsp3) is 0.235. The van der Waals surface area contributed by atoms with E-state index in [2.05, 4.69) is 5.32 Å². The zero-order chi connectivity index (χ0) is 15.4. The maximum Gasteiger partial charge on any atom is 0.237 e. The minimum Gasteiger partial charge on any atom is -0.325 e. The van der Waals surface area contributed by atoms with Crippen LogP contribution < -0.4 is 5.32 Å². The molecular weight excluding hydrogens is 285 g/mol. The van der Waals surface area contributed by atoms with Crippen molar-refractivity contribution in [3.05, 3.63) is 59.4 Å². The first kappa shape index (κ1) is 15.6. The van der Waals surface area contributed by atoms with Crippen molar-refractivity contribution >= 4 is 23.4 Å². The summed E-state index contributed by atoms with van der Waals surface area (Å²) in [4.78, 5) is 13.2. The number of rotatable bonds is 4. The smallest absolute Gasteiger partial charge is 0.237 e. The summed E-state index contributed by atoms with van der Waals surface area (Å²) in [7, 11) is 0. The van der Waals surface area contributed by atoms with Crippen LogP contribution in [0, 0.1) is 19.7 Å². The van der Waals surface area contributed by atoms with Crippen LogP contribution in [-0.4, -0.2) is 11.2 Å². The third-order valence-electron chi connectivity index (χ3n) is 3.15. The molecular formula is C17H18FNOS. The average molecular weight is 303 g/mol. The Balaban J connectivity index is 2.00. The number of nitrogens with one attached hydrogen (secondary N) is 1. The van der Waals surface area contributed by atoms with Gasteiger partial charge in [0.15, 0.2) is 0 Å². The van der Waals surface area contributed by atoms with Crippen LogP contribution in [-0.2, 0) is 4.79 Å². The van der Waals surface area contributed by atoms with E-state index in [1.807, 2.05) is 38.1 Å². The number of carbonyl (C=O) groups excluding carboxylic acids is 1. The van der Waals surface area contributed by atoms with Crippen molar-refractivity contribution in [1.82, 2.24) is 0 Å². The van der Waals surface area contributed by atoms with Gasteiger partial charge in [-0.1, -0.05) is 17.7 Å². The van der Waals surface area contributed by atoms with Crippen molar-refractivity contribution in [2.45, 2.75) is 30.9 Å². The van der Waals surface area contributed by atoms with Gasteiger partial charge in [0.25, 0.3) is 0 Å². The molecule has 0 aliphatic carbocycles. The Labute approximate surface area is 128 Å². The van der Waals surface area contributed by atoms with Crippen molar-refractivity contribution in [2.75, 3.05) is 5.32 Å². The largest absolute Gasteiger partial charge is 0.325 e. The number of benzene rings is 2. The van der Waals surface area contributed by atoms with Gasteiger partial charge in [-0.3, -0.25) is 4.79 Å². The molecule has 1 atom stereocenters. The van der Waals surface area contributed by atoms with Crippen LogP contribution in [0.5, 0.6) is 0 Å². The average Bonchev–Trinajstić information content (AvgIpc) is 2.44. The molecule has 2 nitrogen and oxygen atoms in total. The van der Waals surface area contributed by atoms with E-state index < -0.39 is 0 Å². The first-order chi connectivity index (χ1) is 9.95. The molecule has 0 radical (unpaired) electrons. The Morgan fingerprint density at radius 3 is 2.43 bits per heavy atom. The predicted molar refractivity (Wildman–Crippen MR) is 86.3 cm³/mol. The summed E-state index contributed by atoms with van der Waals surface area (Å²) in [6.07, 6.45) is 0. The van der Waals surface area contributed by atoms with Gasteiger partial charge in [-0.25, -0.2) is 4.39 Å². The Morgan fingerprint density at radius 1 is 1.14 bits per heavy atom. The molecule has 21 heavy (non-hydrogen) atoms. The maximum atomic E-state index is 13.0. The van der Waals surface area contributed by atoms with Gasteiger partial charge in [0, 0.05) is 10.6 Å². The highest BCUT2D eigenvalue weighted by molar-refractivity contribution is 8.00. The Hall–Kier alpha value is -1.81. The molecule has 0 spiro atoms. The summed E-state index contributed by atoms with van der Waals surface area (Å²) >= 11 is 1.50. The predicted octanol–water partition coefficient (Wildman–Crippen LogP) is 4.56. The molecule has 2 rings (SSSR count). The lowest BCUT2D eigenvalue weighted by Gasteiger charge is -2.13. The highest BCUT2D eigenvalue weighted by Gasteiger charge is 2.15. The summed E-state index contributed by atoms with van der Waals surface area (Å²) in [6.45, 7) is 5.66. The van der Waals surface area contributed by atoms with E-state index in [0.717, 1.165) is 10.5 Å². The molecule has 2 aromatic carbocycles. The lowest BCUT2D eigenvalue weighted by molar-refractivity contribution is -0.115. The second-order valence-corrected chi connectivity index (χ2v) is 6.44. The number of aryl methyl sites for hydroxylation is 2. The molecule has 110 valence electrons. The lowest BCUT2D eigenvalue weighted by atomic mass is 10.2. The van der Waals surface area contributed by atoms with Crippen LogP contribution in [0.4, 0.5) is 10.1 Å². The van der Waals surface area contributed by atoms with Crippen molar-refractivity contribution in [3.63, 3.8) is 0 Å². The fourth-order valence-electron chi connectivity index (χ4n) is 1.88. The molecule has 0 aliphatic heterocycles. The topological polar surface area (TPSA) is 29.1 Å². The number of anilines is 1. The molecule has 0 bridgehead atoms. The summed E-state index contributed by atoms with van der Waals surface area (Å²) < 4.78 is 13.0. The Bertz CT molecular complexity index is 640. The van der Waals surface area contributed by atoms with Crippen molar-refractivity contribution in [2.24, 2.45) is 0 Å². The molecule has 0 saturated heterocycles. The first-order valence-electron chi connectivity index (χ1n) is 6.76. The van der Waals surface area contributed by atoms with Gasteiger partial charge in [0.1, 0.15) is 5.82 Å². The summed E-state index contributed by atoms with van der Waals surface area (Å²) in [5, 5.41) is 2.62. The quantitative estimate of drug-likeness (QED) is 0.839. The zero-order valence-corrected chi connectivity index (χ0v) is 13.1. The summed E-state index contributed by atoms with van der Waals surface area (Å²) in [6, 6.07) is 12.4. The normalized spacial score (nSPS) is 12.0. The number of hydrogen-bond donors (Lipinski definition) is 1. The molecule has 1 amide bonds. The van der Waals surface area contributed by atoms with Crippen LogP contribution in [0.25, 0.3) is 0 Å². The molecule has 0 unspecified atom stereocenters. The van der Waals surface area contributed by atoms with Crippen molar-refractivity contribution in [1.29, 1.82) is 0 Å². The monoisotopic (exact) mass is 303 g/mol. The molecule has 0 fully saturated rings. The maximum absolute atomic E-state index is 13.0. The standard InChI is InChI=1S/C17H18FNOS/c1-11-4-7-15(8-5-11)21-13(3)17(20)19-16-9-6-14(18)10-12(16)2/h4-10,13H,1-3H3,(H,19,20)/t13-/m1/s1. The third kappa shape index (κ3) is 4.33. The van der Waals surface area contributed by atoms with Gasteiger partial charge in [-0.05, 0) is 56.7 Å². The molecule has 2 aromatic rings. The first-order valence-corrected chi connectivity index (χ1v) is 7.64. The molecule has 1 N–H and O–H groups in total. The van der Waals surface area contributed by atoms with E-state index in [1.165, 1.54) is 29.5 Å². The second-order valence-electron chi connectivity index (χ2n) is 5.02. The van der Waals surface area contributed by atoms with E-state index >= 15 is 0 Å².